The zero-order valence-corrected chi connectivity index (χ0v) is 11.4. The van der Waals surface area contributed by atoms with E-state index in [1.807, 2.05) is 0 Å². The molecule has 1 aromatic rings. The minimum absolute atomic E-state index is 0.167. The molecule has 2 N–H and O–H groups in total. The monoisotopic (exact) mass is 259 g/mol. The van der Waals surface area contributed by atoms with Crippen LogP contribution in [0.25, 0.3) is 0 Å². The maximum atomic E-state index is 11.7. The molecule has 4 heteroatoms. The molecular formula is C15H21N3O. The van der Waals surface area contributed by atoms with E-state index in [2.05, 4.69) is 34.7 Å². The van der Waals surface area contributed by atoms with Gasteiger partial charge in [-0.05, 0) is 50.7 Å². The van der Waals surface area contributed by atoms with Crippen LogP contribution >= 0.6 is 0 Å². The molecule has 4 nitrogen and oxygen atoms in total. The number of hydrogen-bond donors (Lipinski definition) is 2. The molecule has 0 bridgehead atoms. The van der Waals surface area contributed by atoms with Gasteiger partial charge < -0.3 is 10.6 Å². The lowest BCUT2D eigenvalue weighted by Gasteiger charge is -2.17. The van der Waals surface area contributed by atoms with E-state index in [0.29, 0.717) is 6.04 Å². The molecule has 0 spiro atoms. The first-order valence-electron chi connectivity index (χ1n) is 7.25. The van der Waals surface area contributed by atoms with Gasteiger partial charge in [-0.25, -0.2) is 4.98 Å². The van der Waals surface area contributed by atoms with E-state index in [0.717, 1.165) is 43.7 Å². The highest BCUT2D eigenvalue weighted by Crippen LogP contribution is 2.23. The van der Waals surface area contributed by atoms with Crippen molar-refractivity contribution in [2.45, 2.75) is 45.1 Å². The van der Waals surface area contributed by atoms with E-state index in [-0.39, 0.29) is 11.8 Å². The van der Waals surface area contributed by atoms with Crippen LogP contribution in [0.4, 0.5) is 5.82 Å². The maximum absolute atomic E-state index is 11.7. The molecular weight excluding hydrogens is 238 g/mol. The zero-order valence-electron chi connectivity index (χ0n) is 11.4. The van der Waals surface area contributed by atoms with E-state index in [9.17, 15) is 4.79 Å². The van der Waals surface area contributed by atoms with Gasteiger partial charge in [0.15, 0.2) is 0 Å². The molecule has 1 amide bonds. The van der Waals surface area contributed by atoms with Crippen LogP contribution in [0.5, 0.6) is 0 Å². The Bertz CT molecular complexity index is 486. The van der Waals surface area contributed by atoms with Crippen LogP contribution in [0.15, 0.2) is 12.1 Å². The van der Waals surface area contributed by atoms with Crippen LogP contribution in [0, 0.1) is 5.92 Å². The average Bonchev–Trinajstić information content (AvgIpc) is 2.74. The van der Waals surface area contributed by atoms with Crippen LogP contribution in [-0.4, -0.2) is 23.5 Å². The second kappa shape index (κ2) is 5.19. The Hall–Kier alpha value is -1.58. The first-order chi connectivity index (χ1) is 9.22. The highest BCUT2D eigenvalue weighted by atomic mass is 16.2. The largest absolute Gasteiger partial charge is 0.370 e. The lowest BCUT2D eigenvalue weighted by molar-refractivity contribution is -0.122. The summed E-state index contributed by atoms with van der Waals surface area (Å²) in [6, 6.07) is 4.62. The lowest BCUT2D eigenvalue weighted by Crippen LogP contribution is -2.24. The molecule has 0 aromatic carbocycles. The van der Waals surface area contributed by atoms with Gasteiger partial charge in [0.1, 0.15) is 5.82 Å². The minimum atomic E-state index is 0.167. The quantitative estimate of drug-likeness (QED) is 0.871. The van der Waals surface area contributed by atoms with E-state index in [1.54, 1.807) is 0 Å². The number of nitrogens with one attached hydrogen (secondary N) is 2. The van der Waals surface area contributed by atoms with Crippen molar-refractivity contribution in [1.82, 2.24) is 10.3 Å². The van der Waals surface area contributed by atoms with Gasteiger partial charge in [0.2, 0.25) is 5.91 Å². The predicted octanol–water partition coefficient (Wildman–Crippen LogP) is 1.90. The van der Waals surface area contributed by atoms with E-state index in [4.69, 9.17) is 0 Å². The summed E-state index contributed by atoms with van der Waals surface area (Å²) in [5.74, 6) is 1.43. The number of aryl methyl sites for hydroxylation is 2. The third kappa shape index (κ3) is 2.72. The molecule has 1 fully saturated rings. The minimum Gasteiger partial charge on any atom is -0.370 e. The predicted molar refractivity (Wildman–Crippen MR) is 75.1 cm³/mol. The molecule has 2 aliphatic rings. The number of hydrogen-bond acceptors (Lipinski definition) is 3. The fourth-order valence-corrected chi connectivity index (χ4v) is 3.03. The van der Waals surface area contributed by atoms with Crippen molar-refractivity contribution in [2.75, 3.05) is 11.9 Å². The number of anilines is 1. The number of amides is 1. The summed E-state index contributed by atoms with van der Waals surface area (Å²) < 4.78 is 0. The number of carbonyl (C=O) groups is 1. The number of carbonyl (C=O) groups excluding carboxylic acids is 1. The topological polar surface area (TPSA) is 54.0 Å². The van der Waals surface area contributed by atoms with Crippen LogP contribution in [-0.2, 0) is 17.6 Å². The van der Waals surface area contributed by atoms with Crippen LogP contribution in [0.3, 0.4) is 0 Å². The van der Waals surface area contributed by atoms with Gasteiger partial charge in [-0.2, -0.15) is 0 Å². The van der Waals surface area contributed by atoms with E-state index in [1.165, 1.54) is 12.0 Å². The molecule has 19 heavy (non-hydrogen) atoms. The fourth-order valence-electron chi connectivity index (χ4n) is 3.03. The number of fused-ring (bicyclic) bond motifs is 1. The Morgan fingerprint density at radius 1 is 1.42 bits per heavy atom. The van der Waals surface area contributed by atoms with Crippen LogP contribution in [0.2, 0.25) is 0 Å². The van der Waals surface area contributed by atoms with Crippen molar-refractivity contribution in [2.24, 2.45) is 5.92 Å². The first kappa shape index (κ1) is 12.5. The Morgan fingerprint density at radius 3 is 3.11 bits per heavy atom. The number of aromatic nitrogens is 1. The maximum Gasteiger partial charge on any atom is 0.223 e. The summed E-state index contributed by atoms with van der Waals surface area (Å²) in [7, 11) is 0. The summed E-state index contributed by atoms with van der Waals surface area (Å²) in [6.07, 6.45) is 5.07. The Labute approximate surface area is 114 Å². The van der Waals surface area contributed by atoms with E-state index >= 15 is 0 Å². The van der Waals surface area contributed by atoms with Gasteiger partial charge in [-0.15, -0.1) is 0 Å². The molecule has 0 radical (unpaired) electrons. The summed E-state index contributed by atoms with van der Waals surface area (Å²) in [5.41, 5.74) is 2.42. The molecule has 2 atom stereocenters. The van der Waals surface area contributed by atoms with Crippen molar-refractivity contribution >= 4 is 11.7 Å². The summed E-state index contributed by atoms with van der Waals surface area (Å²) in [6.45, 7) is 3.09. The van der Waals surface area contributed by atoms with Gasteiger partial charge >= 0.3 is 0 Å². The zero-order chi connectivity index (χ0) is 13.2. The van der Waals surface area contributed by atoms with E-state index < -0.39 is 0 Å². The van der Waals surface area contributed by atoms with Crippen LogP contribution < -0.4 is 10.6 Å². The summed E-state index contributed by atoms with van der Waals surface area (Å²) >= 11 is 0. The van der Waals surface area contributed by atoms with Crippen molar-refractivity contribution < 1.29 is 4.79 Å². The van der Waals surface area contributed by atoms with Crippen molar-refractivity contribution in [1.29, 1.82) is 0 Å². The average molecular weight is 259 g/mol. The Balaban J connectivity index is 1.62. The van der Waals surface area contributed by atoms with Gasteiger partial charge in [0.25, 0.3) is 0 Å². The standard InChI is InChI=1S/C15H21N3O/c1-10-9-12(15(19)17-10)5-7-13-6-4-11-3-2-8-16-14(11)18-13/h4,6,10,12H,2-3,5,7-9H2,1H3,(H,16,18)(H,17,19)/t10-,12+/m1/s1. The molecule has 1 aromatic heterocycles. The summed E-state index contributed by atoms with van der Waals surface area (Å²) in [4.78, 5) is 16.4. The lowest BCUT2D eigenvalue weighted by atomic mass is 9.98. The van der Waals surface area contributed by atoms with Crippen molar-refractivity contribution in [3.8, 4) is 0 Å². The molecule has 1 saturated heterocycles. The third-order valence-electron chi connectivity index (χ3n) is 4.10. The Morgan fingerprint density at radius 2 is 2.32 bits per heavy atom. The second-order valence-corrected chi connectivity index (χ2v) is 5.72. The van der Waals surface area contributed by atoms with Gasteiger partial charge in [0.05, 0.1) is 0 Å². The normalized spacial score (nSPS) is 25.6. The SMILES string of the molecule is C[C@@H]1C[C@H](CCc2ccc3c(n2)NCCC3)C(=O)N1. The molecule has 0 unspecified atom stereocenters. The summed E-state index contributed by atoms with van der Waals surface area (Å²) in [5, 5.41) is 6.34. The fraction of sp³-hybridized carbons (Fsp3) is 0.600. The molecule has 3 rings (SSSR count). The van der Waals surface area contributed by atoms with Gasteiger partial charge in [-0.3, -0.25) is 4.79 Å². The third-order valence-corrected chi connectivity index (χ3v) is 4.10. The Kier molecular flexibility index (Phi) is 3.40. The van der Waals surface area contributed by atoms with Crippen LogP contribution in [0.1, 0.15) is 37.4 Å². The van der Waals surface area contributed by atoms with Gasteiger partial charge in [-0.1, -0.05) is 6.07 Å². The smallest absolute Gasteiger partial charge is 0.223 e. The highest BCUT2D eigenvalue weighted by Gasteiger charge is 2.28. The molecule has 0 aliphatic carbocycles. The molecule has 0 saturated carbocycles. The second-order valence-electron chi connectivity index (χ2n) is 5.72. The van der Waals surface area contributed by atoms with Crippen molar-refractivity contribution in [3.63, 3.8) is 0 Å². The number of pyridine rings is 1. The first-order valence-corrected chi connectivity index (χ1v) is 7.25. The highest BCUT2D eigenvalue weighted by molar-refractivity contribution is 5.81. The molecule has 102 valence electrons. The molecule has 3 heterocycles. The molecule has 2 aliphatic heterocycles. The van der Waals surface area contributed by atoms with Gasteiger partial charge in [0, 0.05) is 24.2 Å². The number of rotatable bonds is 3. The van der Waals surface area contributed by atoms with Crippen molar-refractivity contribution in [3.05, 3.63) is 23.4 Å². The number of nitrogens with zero attached hydrogens (tertiary/aromatic N) is 1.